The molecule has 0 atom stereocenters. The average molecular weight is 490 g/mol. The number of nitrogens with zero attached hydrogens (tertiary/aromatic N) is 2. The number of amides is 1. The third-order valence-electron chi connectivity index (χ3n) is 4.15. The number of likely N-dealkylation sites (tertiary alicyclic amines) is 1. The van der Waals surface area contributed by atoms with Crippen LogP contribution in [0, 0.1) is 0 Å². The van der Waals surface area contributed by atoms with Crippen LogP contribution in [0.5, 0.6) is 5.75 Å². The van der Waals surface area contributed by atoms with Crippen LogP contribution in [-0.4, -0.2) is 60.8 Å². The number of aliphatic hydroxyl groups excluding tert-OH is 1. The van der Waals surface area contributed by atoms with Crippen molar-refractivity contribution in [1.29, 1.82) is 0 Å². The lowest BCUT2D eigenvalue weighted by molar-refractivity contribution is -0.122. The number of hydrogen-bond donors (Lipinski definition) is 3. The fourth-order valence-corrected chi connectivity index (χ4v) is 2.80. The van der Waals surface area contributed by atoms with E-state index in [4.69, 9.17) is 9.73 Å². The zero-order valence-corrected chi connectivity index (χ0v) is 18.4. The van der Waals surface area contributed by atoms with Crippen molar-refractivity contribution in [1.82, 2.24) is 15.5 Å². The molecule has 1 aliphatic heterocycles. The minimum absolute atomic E-state index is 0. The minimum atomic E-state index is -0.201. The summed E-state index contributed by atoms with van der Waals surface area (Å²) in [6.07, 6.45) is 1.34. The largest absolute Gasteiger partial charge is 0.484 e. The summed E-state index contributed by atoms with van der Waals surface area (Å²) in [5, 5.41) is 15.7. The number of benzene rings is 1. The van der Waals surface area contributed by atoms with Gasteiger partial charge in [0.2, 0.25) is 0 Å². The lowest BCUT2D eigenvalue weighted by Crippen LogP contribution is -2.46. The van der Waals surface area contributed by atoms with Crippen LogP contribution in [0.15, 0.2) is 29.3 Å². The average Bonchev–Trinajstić information content (AvgIpc) is 2.65. The van der Waals surface area contributed by atoms with E-state index in [0.717, 1.165) is 44.0 Å². The number of piperidine rings is 1. The number of rotatable bonds is 7. The summed E-state index contributed by atoms with van der Waals surface area (Å²) in [6, 6.07) is 7.64. The number of nitrogens with one attached hydrogen (secondary N) is 2. The van der Waals surface area contributed by atoms with Crippen LogP contribution in [0.4, 0.5) is 0 Å². The van der Waals surface area contributed by atoms with Gasteiger partial charge in [0.1, 0.15) is 5.75 Å². The second kappa shape index (κ2) is 12.8. The monoisotopic (exact) mass is 490 g/mol. The summed E-state index contributed by atoms with van der Waals surface area (Å²) >= 11 is 0. The van der Waals surface area contributed by atoms with Crippen LogP contribution in [0.3, 0.4) is 0 Å². The second-order valence-corrected chi connectivity index (χ2v) is 6.28. The number of guanidine groups is 1. The topological polar surface area (TPSA) is 86.2 Å². The van der Waals surface area contributed by atoms with E-state index in [0.29, 0.717) is 18.8 Å². The van der Waals surface area contributed by atoms with Crippen molar-refractivity contribution in [3.05, 3.63) is 29.8 Å². The Balaban J connectivity index is 0.00000364. The number of hydrogen-bond acceptors (Lipinski definition) is 4. The number of halogens is 1. The van der Waals surface area contributed by atoms with E-state index in [1.165, 1.54) is 0 Å². The van der Waals surface area contributed by atoms with Crippen LogP contribution < -0.4 is 15.4 Å². The third kappa shape index (κ3) is 8.34. The summed E-state index contributed by atoms with van der Waals surface area (Å²) in [4.78, 5) is 18.4. The molecular weight excluding hydrogens is 459 g/mol. The van der Waals surface area contributed by atoms with Crippen LogP contribution in [0.1, 0.15) is 32.3 Å². The second-order valence-electron chi connectivity index (χ2n) is 6.28. The van der Waals surface area contributed by atoms with Crippen LogP contribution in [-0.2, 0) is 11.3 Å². The van der Waals surface area contributed by atoms with Gasteiger partial charge in [0.05, 0.1) is 12.6 Å². The summed E-state index contributed by atoms with van der Waals surface area (Å²) < 4.78 is 5.53. The van der Waals surface area contributed by atoms with E-state index in [9.17, 15) is 9.90 Å². The number of carbonyl (C=O) groups excluding carboxylic acids is 1. The molecule has 2 rings (SSSR count). The molecule has 1 saturated heterocycles. The first-order valence-electron chi connectivity index (χ1n) is 9.32. The Morgan fingerprint density at radius 1 is 1.26 bits per heavy atom. The van der Waals surface area contributed by atoms with E-state index < -0.39 is 0 Å². The van der Waals surface area contributed by atoms with E-state index in [1.807, 2.05) is 38.1 Å². The summed E-state index contributed by atoms with van der Waals surface area (Å²) in [5.74, 6) is 1.40. The summed E-state index contributed by atoms with van der Waals surface area (Å²) in [6.45, 7) is 7.47. The Morgan fingerprint density at radius 2 is 1.96 bits per heavy atom. The molecule has 1 heterocycles. The molecule has 3 N–H and O–H groups in total. The van der Waals surface area contributed by atoms with Crippen LogP contribution in [0.25, 0.3) is 0 Å². The maximum atomic E-state index is 11.5. The van der Waals surface area contributed by atoms with Gasteiger partial charge in [-0.1, -0.05) is 12.1 Å². The molecule has 1 amide bonds. The Labute approximate surface area is 178 Å². The summed E-state index contributed by atoms with van der Waals surface area (Å²) in [5.41, 5.74) is 1.02. The van der Waals surface area contributed by atoms with Crippen molar-refractivity contribution in [2.75, 3.05) is 32.8 Å². The fourth-order valence-electron chi connectivity index (χ4n) is 2.80. The molecule has 1 aromatic rings. The molecule has 1 aromatic carbocycles. The van der Waals surface area contributed by atoms with Crippen molar-refractivity contribution < 1.29 is 14.6 Å². The lowest BCUT2D eigenvalue weighted by atomic mass is 10.1. The van der Waals surface area contributed by atoms with Gasteiger partial charge >= 0.3 is 0 Å². The van der Waals surface area contributed by atoms with E-state index in [-0.39, 0.29) is 42.6 Å². The molecule has 0 unspecified atom stereocenters. The van der Waals surface area contributed by atoms with Crippen molar-refractivity contribution in [3.8, 4) is 5.75 Å². The predicted octanol–water partition coefficient (Wildman–Crippen LogP) is 1.74. The first-order chi connectivity index (χ1) is 12.6. The predicted molar refractivity (Wildman–Crippen MR) is 118 cm³/mol. The van der Waals surface area contributed by atoms with Crippen molar-refractivity contribution >= 4 is 35.8 Å². The Bertz CT molecular complexity index is 604. The molecule has 0 spiro atoms. The van der Waals surface area contributed by atoms with Gasteiger partial charge in [-0.05, 0) is 44.4 Å². The molecule has 0 saturated carbocycles. The van der Waals surface area contributed by atoms with E-state index >= 15 is 0 Å². The highest BCUT2D eigenvalue weighted by molar-refractivity contribution is 14.0. The van der Waals surface area contributed by atoms with Gasteiger partial charge in [0, 0.05) is 26.2 Å². The zero-order chi connectivity index (χ0) is 18.8. The van der Waals surface area contributed by atoms with Gasteiger partial charge in [-0.2, -0.15) is 0 Å². The highest BCUT2D eigenvalue weighted by atomic mass is 127. The molecule has 27 heavy (non-hydrogen) atoms. The smallest absolute Gasteiger partial charge is 0.257 e. The first-order valence-corrected chi connectivity index (χ1v) is 9.32. The number of likely N-dealkylation sites (N-methyl/N-ethyl adjacent to an activating group) is 1. The van der Waals surface area contributed by atoms with E-state index in [1.54, 1.807) is 0 Å². The Kier molecular flexibility index (Phi) is 11.1. The lowest BCUT2D eigenvalue weighted by Gasteiger charge is -2.32. The third-order valence-corrected chi connectivity index (χ3v) is 4.15. The minimum Gasteiger partial charge on any atom is -0.484 e. The van der Waals surface area contributed by atoms with Gasteiger partial charge in [-0.25, -0.2) is 4.99 Å². The molecule has 0 aliphatic carbocycles. The standard InChI is InChI=1S/C19H30N4O3.HI/c1-3-20-18(25)14-26-17-7-5-6-15(12-17)13-22-19(21-4-2)23-10-8-16(24)9-11-23;/h5-7,12,16,24H,3-4,8-11,13-14H2,1-2H3,(H,20,25)(H,21,22);1H. The molecule has 8 heteroatoms. The highest BCUT2D eigenvalue weighted by Crippen LogP contribution is 2.15. The van der Waals surface area contributed by atoms with Gasteiger partial charge in [-0.15, -0.1) is 24.0 Å². The number of aliphatic hydroxyl groups is 1. The van der Waals surface area contributed by atoms with Gasteiger partial charge < -0.3 is 25.4 Å². The highest BCUT2D eigenvalue weighted by Gasteiger charge is 2.19. The molecule has 0 aromatic heterocycles. The van der Waals surface area contributed by atoms with Crippen molar-refractivity contribution in [2.24, 2.45) is 4.99 Å². The van der Waals surface area contributed by atoms with Crippen molar-refractivity contribution in [3.63, 3.8) is 0 Å². The molecule has 1 fully saturated rings. The maximum Gasteiger partial charge on any atom is 0.257 e. The normalized spacial score (nSPS) is 15.1. The quantitative estimate of drug-likeness (QED) is 0.308. The van der Waals surface area contributed by atoms with Crippen LogP contribution >= 0.6 is 24.0 Å². The molecule has 0 radical (unpaired) electrons. The molecule has 1 aliphatic rings. The number of aliphatic imine (C=N–C) groups is 1. The Hall–Kier alpha value is -1.55. The molecule has 152 valence electrons. The SMILES string of the molecule is CCNC(=O)COc1cccc(CN=C(NCC)N2CCC(O)CC2)c1.I. The fraction of sp³-hybridized carbons (Fsp3) is 0.579. The molecule has 7 nitrogen and oxygen atoms in total. The molecule has 0 bridgehead atoms. The number of ether oxygens (including phenoxy) is 1. The van der Waals surface area contributed by atoms with Gasteiger partial charge in [0.15, 0.2) is 12.6 Å². The Morgan fingerprint density at radius 3 is 2.63 bits per heavy atom. The van der Waals surface area contributed by atoms with Gasteiger partial charge in [0.25, 0.3) is 5.91 Å². The van der Waals surface area contributed by atoms with Crippen LogP contribution in [0.2, 0.25) is 0 Å². The van der Waals surface area contributed by atoms with Gasteiger partial charge in [-0.3, -0.25) is 4.79 Å². The zero-order valence-electron chi connectivity index (χ0n) is 16.1. The van der Waals surface area contributed by atoms with Crippen molar-refractivity contribution in [2.45, 2.75) is 39.3 Å². The maximum absolute atomic E-state index is 11.5. The molecular formula is C19H31IN4O3. The van der Waals surface area contributed by atoms with E-state index in [2.05, 4.69) is 15.5 Å². The first kappa shape index (κ1) is 23.5. The summed E-state index contributed by atoms with van der Waals surface area (Å²) in [7, 11) is 0. The number of carbonyl (C=O) groups is 1.